The zero-order chi connectivity index (χ0) is 17.3. The standard InChI is InChI=1S/C15H17N5O3S/c1-15(2,17-10-5-7-11(8-6-10)20(22)23)13(21)16-14-19-18-12(24-14)9-3-4-9/h5-9,17H,3-4H2,1-2H3,(H,16,19,21). The molecule has 0 unspecified atom stereocenters. The summed E-state index contributed by atoms with van der Waals surface area (Å²) in [6, 6.07) is 5.93. The molecule has 2 aromatic rings. The summed E-state index contributed by atoms with van der Waals surface area (Å²) >= 11 is 1.40. The van der Waals surface area contributed by atoms with Crippen LogP contribution in [-0.4, -0.2) is 26.6 Å². The number of nitrogens with one attached hydrogen (secondary N) is 2. The lowest BCUT2D eigenvalue weighted by Gasteiger charge is -2.25. The van der Waals surface area contributed by atoms with E-state index in [1.807, 2.05) is 0 Å². The number of nitro groups is 1. The van der Waals surface area contributed by atoms with E-state index < -0.39 is 10.5 Å². The lowest BCUT2D eigenvalue weighted by Crippen LogP contribution is -2.44. The van der Waals surface area contributed by atoms with Crippen molar-refractivity contribution in [2.45, 2.75) is 38.1 Å². The molecule has 0 aliphatic heterocycles. The lowest BCUT2D eigenvalue weighted by molar-refractivity contribution is -0.384. The second-order valence-corrected chi connectivity index (χ2v) is 7.24. The van der Waals surface area contributed by atoms with Gasteiger partial charge in [-0.2, -0.15) is 0 Å². The zero-order valence-corrected chi connectivity index (χ0v) is 14.1. The molecule has 1 aromatic carbocycles. The van der Waals surface area contributed by atoms with E-state index in [-0.39, 0.29) is 11.6 Å². The largest absolute Gasteiger partial charge is 0.372 e. The van der Waals surface area contributed by atoms with Crippen LogP contribution >= 0.6 is 11.3 Å². The molecule has 0 radical (unpaired) electrons. The van der Waals surface area contributed by atoms with Gasteiger partial charge >= 0.3 is 0 Å². The molecule has 1 aliphatic rings. The minimum Gasteiger partial charge on any atom is -0.372 e. The number of carbonyl (C=O) groups excluding carboxylic acids is 1. The Hall–Kier alpha value is -2.55. The molecule has 24 heavy (non-hydrogen) atoms. The Bertz CT molecular complexity index is 768. The van der Waals surface area contributed by atoms with Crippen LogP contribution in [-0.2, 0) is 4.79 Å². The summed E-state index contributed by atoms with van der Waals surface area (Å²) in [5.74, 6) is 0.249. The topological polar surface area (TPSA) is 110 Å². The van der Waals surface area contributed by atoms with Gasteiger partial charge in [-0.3, -0.25) is 20.2 Å². The van der Waals surface area contributed by atoms with E-state index in [4.69, 9.17) is 0 Å². The average Bonchev–Trinajstić information content (AvgIpc) is 3.27. The maximum atomic E-state index is 12.5. The Morgan fingerprint density at radius 3 is 2.54 bits per heavy atom. The molecule has 0 spiro atoms. The van der Waals surface area contributed by atoms with Crippen LogP contribution in [0.15, 0.2) is 24.3 Å². The minimum absolute atomic E-state index is 0.00396. The summed E-state index contributed by atoms with van der Waals surface area (Å²) < 4.78 is 0. The van der Waals surface area contributed by atoms with E-state index in [9.17, 15) is 14.9 Å². The van der Waals surface area contributed by atoms with Crippen LogP contribution in [0.4, 0.5) is 16.5 Å². The zero-order valence-electron chi connectivity index (χ0n) is 13.3. The van der Waals surface area contributed by atoms with Gasteiger partial charge in [-0.05, 0) is 38.8 Å². The van der Waals surface area contributed by atoms with Gasteiger partial charge in [-0.1, -0.05) is 11.3 Å². The average molecular weight is 347 g/mol. The Labute approximate surface area is 142 Å². The molecule has 126 valence electrons. The Kier molecular flexibility index (Phi) is 4.18. The molecule has 1 aromatic heterocycles. The van der Waals surface area contributed by atoms with Crippen LogP contribution in [0.1, 0.15) is 37.6 Å². The van der Waals surface area contributed by atoms with Crippen LogP contribution in [0.5, 0.6) is 0 Å². The van der Waals surface area contributed by atoms with Gasteiger partial charge in [0.25, 0.3) is 11.6 Å². The summed E-state index contributed by atoms with van der Waals surface area (Å²) in [4.78, 5) is 22.7. The molecule has 1 aliphatic carbocycles. The Balaban J connectivity index is 1.64. The fraction of sp³-hybridized carbons (Fsp3) is 0.400. The van der Waals surface area contributed by atoms with Gasteiger partial charge in [-0.15, -0.1) is 10.2 Å². The highest BCUT2D eigenvalue weighted by Gasteiger charge is 2.31. The van der Waals surface area contributed by atoms with E-state index in [2.05, 4.69) is 20.8 Å². The molecule has 0 bridgehead atoms. The number of non-ortho nitro benzene ring substituents is 1. The van der Waals surface area contributed by atoms with Crippen LogP contribution in [0.2, 0.25) is 0 Å². The van der Waals surface area contributed by atoms with Crippen LogP contribution < -0.4 is 10.6 Å². The van der Waals surface area contributed by atoms with Crippen molar-refractivity contribution in [1.29, 1.82) is 0 Å². The van der Waals surface area contributed by atoms with Gasteiger partial charge < -0.3 is 5.32 Å². The van der Waals surface area contributed by atoms with E-state index in [0.29, 0.717) is 16.7 Å². The number of hydrogen-bond donors (Lipinski definition) is 2. The number of rotatable bonds is 6. The molecule has 1 saturated carbocycles. The number of nitrogens with zero attached hydrogens (tertiary/aromatic N) is 3. The molecule has 0 saturated heterocycles. The monoisotopic (exact) mass is 347 g/mol. The first-order valence-corrected chi connectivity index (χ1v) is 8.34. The summed E-state index contributed by atoms with van der Waals surface area (Å²) in [7, 11) is 0. The van der Waals surface area contributed by atoms with Crippen molar-refractivity contribution in [2.75, 3.05) is 10.6 Å². The number of anilines is 2. The molecule has 9 heteroatoms. The number of aromatic nitrogens is 2. The Morgan fingerprint density at radius 2 is 1.96 bits per heavy atom. The van der Waals surface area contributed by atoms with Gasteiger partial charge in [0, 0.05) is 23.7 Å². The maximum absolute atomic E-state index is 12.5. The second-order valence-electron chi connectivity index (χ2n) is 6.23. The van der Waals surface area contributed by atoms with Gasteiger partial charge in [-0.25, -0.2) is 0 Å². The van der Waals surface area contributed by atoms with E-state index in [0.717, 1.165) is 17.8 Å². The van der Waals surface area contributed by atoms with Crippen LogP contribution in [0, 0.1) is 10.1 Å². The van der Waals surface area contributed by atoms with Gasteiger partial charge in [0.2, 0.25) is 5.13 Å². The van der Waals surface area contributed by atoms with E-state index >= 15 is 0 Å². The van der Waals surface area contributed by atoms with Crippen molar-refractivity contribution >= 4 is 33.8 Å². The van der Waals surface area contributed by atoms with Gasteiger partial charge in [0.1, 0.15) is 10.5 Å². The van der Waals surface area contributed by atoms with Gasteiger partial charge in [0.05, 0.1) is 4.92 Å². The van der Waals surface area contributed by atoms with Crippen molar-refractivity contribution in [3.63, 3.8) is 0 Å². The minimum atomic E-state index is -0.915. The van der Waals surface area contributed by atoms with E-state index in [1.54, 1.807) is 26.0 Å². The number of hydrogen-bond acceptors (Lipinski definition) is 7. The third-order valence-electron chi connectivity index (χ3n) is 3.69. The molecule has 1 fully saturated rings. The number of carbonyl (C=O) groups is 1. The summed E-state index contributed by atoms with van der Waals surface area (Å²) in [6.07, 6.45) is 2.27. The molecular formula is C15H17N5O3S. The smallest absolute Gasteiger partial charge is 0.269 e. The lowest BCUT2D eigenvalue weighted by atomic mass is 10.0. The quantitative estimate of drug-likeness (QED) is 0.613. The first-order chi connectivity index (χ1) is 11.3. The molecule has 8 nitrogen and oxygen atoms in total. The molecule has 3 rings (SSSR count). The summed E-state index contributed by atoms with van der Waals surface area (Å²) in [6.45, 7) is 3.46. The molecule has 1 heterocycles. The highest BCUT2D eigenvalue weighted by atomic mass is 32.1. The number of amides is 1. The predicted octanol–water partition coefficient (Wildman–Crippen LogP) is 3.15. The number of benzene rings is 1. The summed E-state index contributed by atoms with van der Waals surface area (Å²) in [5, 5.41) is 26.1. The highest BCUT2D eigenvalue weighted by molar-refractivity contribution is 7.15. The van der Waals surface area contributed by atoms with Crippen LogP contribution in [0.3, 0.4) is 0 Å². The maximum Gasteiger partial charge on any atom is 0.269 e. The first-order valence-electron chi connectivity index (χ1n) is 7.52. The normalized spacial score (nSPS) is 14.2. The summed E-state index contributed by atoms with van der Waals surface area (Å²) in [5.41, 5.74) is -0.289. The predicted molar refractivity (Wildman–Crippen MR) is 91.3 cm³/mol. The van der Waals surface area contributed by atoms with Crippen molar-refractivity contribution in [3.8, 4) is 0 Å². The van der Waals surface area contributed by atoms with Crippen molar-refractivity contribution in [3.05, 3.63) is 39.4 Å². The fourth-order valence-corrected chi connectivity index (χ4v) is 3.03. The third-order valence-corrected chi connectivity index (χ3v) is 4.69. The molecule has 0 atom stereocenters. The van der Waals surface area contributed by atoms with Crippen LogP contribution in [0.25, 0.3) is 0 Å². The van der Waals surface area contributed by atoms with E-state index in [1.165, 1.54) is 23.5 Å². The van der Waals surface area contributed by atoms with Gasteiger partial charge in [0.15, 0.2) is 0 Å². The van der Waals surface area contributed by atoms with Crippen molar-refractivity contribution < 1.29 is 9.72 Å². The van der Waals surface area contributed by atoms with Crippen molar-refractivity contribution in [1.82, 2.24) is 10.2 Å². The highest BCUT2D eigenvalue weighted by Crippen LogP contribution is 2.42. The SMILES string of the molecule is CC(C)(Nc1ccc([N+](=O)[O-])cc1)C(=O)Nc1nnc(C2CC2)s1. The Morgan fingerprint density at radius 1 is 1.29 bits per heavy atom. The molecular weight excluding hydrogens is 330 g/mol. The third kappa shape index (κ3) is 3.67. The first kappa shape index (κ1) is 16.3. The second kappa shape index (κ2) is 6.16. The molecule has 2 N–H and O–H groups in total. The molecule has 1 amide bonds. The van der Waals surface area contributed by atoms with Crippen molar-refractivity contribution in [2.24, 2.45) is 0 Å². The fourth-order valence-electron chi connectivity index (χ4n) is 2.12. The number of nitro benzene ring substituents is 1.